The van der Waals surface area contributed by atoms with Gasteiger partial charge in [-0.25, -0.2) is 4.79 Å². The van der Waals surface area contributed by atoms with Crippen molar-refractivity contribution in [1.82, 2.24) is 9.88 Å². The number of ether oxygens (including phenoxy) is 1. The van der Waals surface area contributed by atoms with Gasteiger partial charge in [0.1, 0.15) is 17.9 Å². The molecule has 2 fully saturated rings. The molecule has 44 heavy (non-hydrogen) atoms. The first-order valence-electron chi connectivity index (χ1n) is 15.5. The van der Waals surface area contributed by atoms with E-state index in [0.717, 1.165) is 35.7 Å². The molecule has 3 aromatic carbocycles. The molecule has 8 nitrogen and oxygen atoms in total. The number of aliphatic carboxylic acids is 1. The number of aromatic nitrogens is 1. The third kappa shape index (κ3) is 5.25. The Hall–Kier alpha value is -4.85. The van der Waals surface area contributed by atoms with Crippen molar-refractivity contribution in [3.8, 4) is 17.0 Å². The summed E-state index contributed by atoms with van der Waals surface area (Å²) in [6.07, 6.45) is 9.73. The van der Waals surface area contributed by atoms with Gasteiger partial charge in [0.25, 0.3) is 5.91 Å². The van der Waals surface area contributed by atoms with Crippen LogP contribution in [0.4, 0.5) is 5.69 Å². The highest BCUT2D eigenvalue weighted by Crippen LogP contribution is 2.47. The number of benzene rings is 3. The van der Waals surface area contributed by atoms with E-state index in [1.165, 1.54) is 42.0 Å². The van der Waals surface area contributed by atoms with Crippen molar-refractivity contribution in [1.29, 1.82) is 0 Å². The summed E-state index contributed by atoms with van der Waals surface area (Å²) in [5, 5.41) is 16.0. The monoisotopic (exact) mass is 589 g/mol. The van der Waals surface area contributed by atoms with Gasteiger partial charge in [0.05, 0.1) is 12.2 Å². The molecule has 224 valence electrons. The molecule has 2 aliphatic carbocycles. The molecule has 1 aromatic heterocycles. The molecular formula is C36H35N3O5. The first-order chi connectivity index (χ1) is 21.4. The minimum atomic E-state index is -1.02. The van der Waals surface area contributed by atoms with Crippen LogP contribution in [0.3, 0.4) is 0 Å². The predicted molar refractivity (Wildman–Crippen MR) is 170 cm³/mol. The number of carbonyl (C=O) groups is 3. The molecule has 0 saturated heterocycles. The minimum absolute atomic E-state index is 0.259. The minimum Gasteiger partial charge on any atom is -0.491 e. The number of carboxylic acid groups (broad SMARTS) is 1. The van der Waals surface area contributed by atoms with Crippen LogP contribution >= 0.6 is 0 Å². The molecule has 0 unspecified atom stereocenters. The smallest absolute Gasteiger partial charge is 0.328 e. The molecule has 0 spiro atoms. The summed E-state index contributed by atoms with van der Waals surface area (Å²) in [4.78, 5) is 37.7. The van der Waals surface area contributed by atoms with Gasteiger partial charge in [-0.05, 0) is 85.2 Å². The van der Waals surface area contributed by atoms with Gasteiger partial charge in [-0.1, -0.05) is 49.6 Å². The molecule has 8 heteroatoms. The van der Waals surface area contributed by atoms with Crippen molar-refractivity contribution >= 4 is 40.4 Å². The number of fused-ring (bicyclic) bond motifs is 5. The van der Waals surface area contributed by atoms with Crippen molar-refractivity contribution in [3.63, 3.8) is 0 Å². The molecular weight excluding hydrogens is 554 g/mol. The Kier molecular flexibility index (Phi) is 7.20. The Morgan fingerprint density at radius 2 is 1.73 bits per heavy atom. The molecule has 2 amide bonds. The number of carboxylic acids is 1. The molecule has 2 saturated carbocycles. The Balaban J connectivity index is 1.16. The summed E-state index contributed by atoms with van der Waals surface area (Å²) in [6.45, 7) is 1.24. The third-order valence-electron chi connectivity index (χ3n) is 9.22. The molecule has 3 N–H and O–H groups in total. The lowest BCUT2D eigenvalue weighted by molar-refractivity contribution is -0.131. The summed E-state index contributed by atoms with van der Waals surface area (Å²) in [7, 11) is 0. The van der Waals surface area contributed by atoms with E-state index in [0.29, 0.717) is 48.7 Å². The highest BCUT2D eigenvalue weighted by molar-refractivity contribution is 6.07. The fourth-order valence-electron chi connectivity index (χ4n) is 6.80. The van der Waals surface area contributed by atoms with Gasteiger partial charge in [0.2, 0.25) is 5.91 Å². The van der Waals surface area contributed by atoms with E-state index in [1.807, 2.05) is 24.3 Å². The topological polar surface area (TPSA) is 110 Å². The Morgan fingerprint density at radius 3 is 2.48 bits per heavy atom. The van der Waals surface area contributed by atoms with Crippen LogP contribution in [-0.4, -0.2) is 39.6 Å². The van der Waals surface area contributed by atoms with Gasteiger partial charge in [-0.2, -0.15) is 0 Å². The second-order valence-electron chi connectivity index (χ2n) is 12.1. The Bertz CT molecular complexity index is 1790. The maximum Gasteiger partial charge on any atom is 0.328 e. The largest absolute Gasteiger partial charge is 0.491 e. The third-order valence-corrected chi connectivity index (χ3v) is 9.22. The van der Waals surface area contributed by atoms with E-state index < -0.39 is 11.5 Å². The number of para-hydroxylation sites is 1. The van der Waals surface area contributed by atoms with E-state index in [9.17, 15) is 14.4 Å². The second-order valence-corrected chi connectivity index (χ2v) is 12.1. The van der Waals surface area contributed by atoms with Gasteiger partial charge in [0.15, 0.2) is 0 Å². The quantitative estimate of drug-likeness (QED) is 0.207. The predicted octanol–water partition coefficient (Wildman–Crippen LogP) is 6.75. The summed E-state index contributed by atoms with van der Waals surface area (Å²) >= 11 is 0. The number of nitrogens with zero attached hydrogens (tertiary/aromatic N) is 1. The second kappa shape index (κ2) is 11.3. The zero-order chi connectivity index (χ0) is 30.3. The van der Waals surface area contributed by atoms with Gasteiger partial charge >= 0.3 is 5.97 Å². The number of hydrogen-bond donors (Lipinski definition) is 3. The SMILES string of the molecule is O=C(O)/C=C/c1ccc(NC(=O)C2(NC(=O)c3ccc4c(C5CCCCC5)c5n(c4c3)CCOc3ccccc3-5)CC2)cc1. The Labute approximate surface area is 255 Å². The lowest BCUT2D eigenvalue weighted by Crippen LogP contribution is -2.46. The molecule has 0 atom stereocenters. The molecule has 1 aliphatic heterocycles. The number of hydrogen-bond acceptors (Lipinski definition) is 4. The summed E-state index contributed by atoms with van der Waals surface area (Å²) in [5.74, 6) is -0.185. The van der Waals surface area contributed by atoms with Crippen LogP contribution in [0, 0.1) is 0 Å². The van der Waals surface area contributed by atoms with E-state index in [1.54, 1.807) is 24.3 Å². The van der Waals surface area contributed by atoms with Gasteiger partial charge < -0.3 is 25.0 Å². The molecule has 0 bridgehead atoms. The van der Waals surface area contributed by atoms with Crippen LogP contribution < -0.4 is 15.4 Å². The zero-order valence-electron chi connectivity index (χ0n) is 24.5. The van der Waals surface area contributed by atoms with Crippen LogP contribution in [0.15, 0.2) is 72.8 Å². The van der Waals surface area contributed by atoms with Crippen LogP contribution in [0.5, 0.6) is 5.75 Å². The van der Waals surface area contributed by atoms with Gasteiger partial charge in [-0.15, -0.1) is 0 Å². The van der Waals surface area contributed by atoms with E-state index in [4.69, 9.17) is 9.84 Å². The number of amides is 2. The number of carbonyl (C=O) groups excluding carboxylic acids is 2. The highest BCUT2D eigenvalue weighted by Gasteiger charge is 2.51. The van der Waals surface area contributed by atoms with Crippen molar-refractivity contribution < 1.29 is 24.2 Å². The van der Waals surface area contributed by atoms with Crippen molar-refractivity contribution in [2.75, 3.05) is 11.9 Å². The molecule has 7 rings (SSSR count). The van der Waals surface area contributed by atoms with Crippen LogP contribution in [-0.2, 0) is 16.1 Å². The molecule has 4 aromatic rings. The van der Waals surface area contributed by atoms with Crippen molar-refractivity contribution in [2.24, 2.45) is 0 Å². The summed E-state index contributed by atoms with van der Waals surface area (Å²) in [6, 6.07) is 21.1. The van der Waals surface area contributed by atoms with E-state index in [-0.39, 0.29) is 11.8 Å². The maximum absolute atomic E-state index is 13.6. The average Bonchev–Trinajstić information content (AvgIpc) is 3.79. The maximum atomic E-state index is 13.6. The molecule has 3 aliphatic rings. The Morgan fingerprint density at radius 1 is 0.955 bits per heavy atom. The average molecular weight is 590 g/mol. The molecule has 2 heterocycles. The lowest BCUT2D eigenvalue weighted by Gasteiger charge is -2.23. The lowest BCUT2D eigenvalue weighted by atomic mass is 9.81. The van der Waals surface area contributed by atoms with E-state index in [2.05, 4.69) is 33.4 Å². The highest BCUT2D eigenvalue weighted by atomic mass is 16.5. The van der Waals surface area contributed by atoms with Crippen LogP contribution in [0.1, 0.15) is 72.3 Å². The van der Waals surface area contributed by atoms with Gasteiger partial charge in [0, 0.05) is 33.8 Å². The standard InChI is InChI=1S/C36H35N3O5/c40-31(41)17-12-23-10-14-26(15-11-23)37-35(43)36(18-19-36)38-34(42)25-13-16-27-29(22-25)39-20-21-44-30-9-5-4-8-28(30)33(39)32(27)24-6-2-1-3-7-24/h4-5,8-17,22,24H,1-3,6-7,18-21H2,(H,37,43)(H,38,42)(H,40,41)/b17-12+. The van der Waals surface area contributed by atoms with Gasteiger partial charge in [-0.3, -0.25) is 9.59 Å². The normalized spacial score (nSPS) is 17.3. The summed E-state index contributed by atoms with van der Waals surface area (Å²) < 4.78 is 8.49. The molecule has 0 radical (unpaired) electrons. The number of nitrogens with one attached hydrogen (secondary N) is 2. The van der Waals surface area contributed by atoms with E-state index >= 15 is 0 Å². The number of anilines is 1. The number of rotatable bonds is 7. The fraction of sp³-hybridized carbons (Fsp3) is 0.306. The fourth-order valence-corrected chi connectivity index (χ4v) is 6.80. The van der Waals surface area contributed by atoms with Crippen LogP contribution in [0.2, 0.25) is 0 Å². The first kappa shape index (κ1) is 28.0. The van der Waals surface area contributed by atoms with Crippen molar-refractivity contribution in [3.05, 3.63) is 89.5 Å². The van der Waals surface area contributed by atoms with Crippen molar-refractivity contribution in [2.45, 2.75) is 62.9 Å². The summed E-state index contributed by atoms with van der Waals surface area (Å²) in [5.41, 5.74) is 5.57. The zero-order valence-corrected chi connectivity index (χ0v) is 24.5. The van der Waals surface area contributed by atoms with Crippen LogP contribution in [0.25, 0.3) is 28.2 Å². The first-order valence-corrected chi connectivity index (χ1v) is 15.5.